The van der Waals surface area contributed by atoms with Crippen LogP contribution in [0, 0.1) is 0 Å². The first-order chi connectivity index (χ1) is 14.0. The van der Waals surface area contributed by atoms with Gasteiger partial charge in [0.05, 0.1) is 0 Å². The van der Waals surface area contributed by atoms with Crippen molar-refractivity contribution in [2.45, 2.75) is 45.1 Å². The Labute approximate surface area is 172 Å². The zero-order valence-electron chi connectivity index (χ0n) is 17.1. The van der Waals surface area contributed by atoms with Crippen molar-refractivity contribution >= 4 is 11.9 Å². The minimum Gasteiger partial charge on any atom is -0.480 e. The molecule has 2 N–H and O–H groups in total. The topological polar surface area (TPSA) is 69.6 Å². The number of carboxylic acids is 1. The Morgan fingerprint density at radius 1 is 1.00 bits per heavy atom. The van der Waals surface area contributed by atoms with Gasteiger partial charge in [-0.15, -0.1) is 0 Å². The molecule has 1 fully saturated rings. The second-order valence-corrected chi connectivity index (χ2v) is 7.84. The summed E-state index contributed by atoms with van der Waals surface area (Å²) in [5.74, 6) is -1.27. The maximum Gasteiger partial charge on any atom is 0.322 e. The number of nitrogens with one attached hydrogen (secondary N) is 1. The van der Waals surface area contributed by atoms with Gasteiger partial charge in [-0.05, 0) is 61.4 Å². The molecule has 0 aliphatic carbocycles. The highest BCUT2D eigenvalue weighted by Gasteiger charge is 2.19. The van der Waals surface area contributed by atoms with E-state index in [1.807, 2.05) is 12.1 Å². The summed E-state index contributed by atoms with van der Waals surface area (Å²) in [6, 6.07) is 17.7. The van der Waals surface area contributed by atoms with Gasteiger partial charge in [0, 0.05) is 19.0 Å². The number of nitrogens with zero attached hydrogens (tertiary/aromatic N) is 1. The van der Waals surface area contributed by atoms with Crippen molar-refractivity contribution in [3.63, 3.8) is 0 Å². The molecule has 154 valence electrons. The highest BCUT2D eigenvalue weighted by molar-refractivity contribution is 5.81. The normalized spacial score (nSPS) is 16.7. The van der Waals surface area contributed by atoms with Gasteiger partial charge in [0.1, 0.15) is 6.54 Å². The van der Waals surface area contributed by atoms with E-state index in [0.29, 0.717) is 6.42 Å². The maximum atomic E-state index is 11.6. The molecule has 1 atom stereocenters. The Bertz CT molecular complexity index is 815. The summed E-state index contributed by atoms with van der Waals surface area (Å²) in [7, 11) is 0. The van der Waals surface area contributed by atoms with Crippen molar-refractivity contribution in [2.24, 2.45) is 0 Å². The molecule has 2 aromatic rings. The lowest BCUT2D eigenvalue weighted by atomic mass is 10.0. The highest BCUT2D eigenvalue weighted by Crippen LogP contribution is 2.22. The standard InChI is InChI=1S/C24H30N2O3/c1-18-3-2-15-26(18)16-14-20-6-11-22(12-7-20)21-9-4-19(5-10-21)8-13-23(27)25-17-24(28)29/h4-7,9-12,18H,2-3,8,13-17H2,1H3,(H,25,27)(H,28,29). The van der Waals surface area contributed by atoms with Gasteiger partial charge in [-0.1, -0.05) is 48.5 Å². The molecule has 1 aliphatic heterocycles. The number of rotatable bonds is 9. The van der Waals surface area contributed by atoms with Crippen molar-refractivity contribution in [3.8, 4) is 11.1 Å². The first kappa shape index (κ1) is 21.1. The summed E-state index contributed by atoms with van der Waals surface area (Å²) < 4.78 is 0. The summed E-state index contributed by atoms with van der Waals surface area (Å²) in [6.45, 7) is 4.36. The molecule has 0 bridgehead atoms. The average molecular weight is 395 g/mol. The SMILES string of the molecule is CC1CCCN1CCc1ccc(-c2ccc(CCC(=O)NCC(=O)O)cc2)cc1. The third-order valence-electron chi connectivity index (χ3n) is 5.70. The number of amides is 1. The van der Waals surface area contributed by atoms with E-state index < -0.39 is 5.97 Å². The van der Waals surface area contributed by atoms with Crippen LogP contribution in [0.5, 0.6) is 0 Å². The minimum atomic E-state index is -1.03. The van der Waals surface area contributed by atoms with Crippen molar-refractivity contribution in [1.82, 2.24) is 10.2 Å². The van der Waals surface area contributed by atoms with Gasteiger partial charge in [0.15, 0.2) is 0 Å². The third kappa shape index (κ3) is 6.43. The van der Waals surface area contributed by atoms with E-state index in [2.05, 4.69) is 53.5 Å². The fraction of sp³-hybridized carbons (Fsp3) is 0.417. The molecule has 5 heteroatoms. The number of aliphatic carboxylic acids is 1. The number of aryl methyl sites for hydroxylation is 1. The molecule has 0 saturated carbocycles. The van der Waals surface area contributed by atoms with Crippen LogP contribution in [-0.2, 0) is 22.4 Å². The van der Waals surface area contributed by atoms with Crippen LogP contribution in [0.1, 0.15) is 37.3 Å². The van der Waals surface area contributed by atoms with Crippen molar-refractivity contribution < 1.29 is 14.7 Å². The predicted molar refractivity (Wildman–Crippen MR) is 115 cm³/mol. The van der Waals surface area contributed by atoms with Gasteiger partial charge in [-0.25, -0.2) is 0 Å². The van der Waals surface area contributed by atoms with Crippen LogP contribution < -0.4 is 5.32 Å². The van der Waals surface area contributed by atoms with Gasteiger partial charge in [-0.3, -0.25) is 9.59 Å². The lowest BCUT2D eigenvalue weighted by Gasteiger charge is -2.20. The van der Waals surface area contributed by atoms with Crippen molar-refractivity contribution in [3.05, 3.63) is 59.7 Å². The molecule has 1 saturated heterocycles. The van der Waals surface area contributed by atoms with E-state index >= 15 is 0 Å². The zero-order chi connectivity index (χ0) is 20.6. The molecule has 1 amide bonds. The Morgan fingerprint density at radius 3 is 2.10 bits per heavy atom. The molecular formula is C24H30N2O3. The van der Waals surface area contributed by atoms with Crippen LogP contribution in [0.25, 0.3) is 11.1 Å². The Balaban J connectivity index is 1.49. The zero-order valence-corrected chi connectivity index (χ0v) is 17.1. The van der Waals surface area contributed by atoms with Crippen LogP contribution in [0.2, 0.25) is 0 Å². The average Bonchev–Trinajstić information content (AvgIpc) is 3.14. The Morgan fingerprint density at radius 2 is 1.59 bits per heavy atom. The first-order valence-electron chi connectivity index (χ1n) is 10.4. The molecule has 3 rings (SSSR count). The van der Waals surface area contributed by atoms with Crippen molar-refractivity contribution in [1.29, 1.82) is 0 Å². The molecule has 1 heterocycles. The summed E-state index contributed by atoms with van der Waals surface area (Å²) in [6.07, 6.45) is 4.62. The van der Waals surface area contributed by atoms with Gasteiger partial charge in [0.25, 0.3) is 0 Å². The van der Waals surface area contributed by atoms with Gasteiger partial charge in [-0.2, -0.15) is 0 Å². The number of hydrogen-bond acceptors (Lipinski definition) is 3. The number of likely N-dealkylation sites (tertiary alicyclic amines) is 1. The quantitative estimate of drug-likeness (QED) is 0.683. The maximum absolute atomic E-state index is 11.6. The first-order valence-corrected chi connectivity index (χ1v) is 10.4. The van der Waals surface area contributed by atoms with Gasteiger partial charge >= 0.3 is 5.97 Å². The van der Waals surface area contributed by atoms with Gasteiger partial charge in [0.2, 0.25) is 5.91 Å². The number of carboxylic acid groups (broad SMARTS) is 1. The Kier molecular flexibility index (Phi) is 7.42. The molecule has 0 radical (unpaired) electrons. The molecule has 1 unspecified atom stereocenters. The van der Waals surface area contributed by atoms with E-state index in [1.165, 1.54) is 30.5 Å². The molecule has 2 aromatic carbocycles. The second-order valence-electron chi connectivity index (χ2n) is 7.84. The lowest BCUT2D eigenvalue weighted by molar-refractivity contribution is -0.137. The van der Waals surface area contributed by atoms with E-state index in [0.717, 1.165) is 30.1 Å². The summed E-state index contributed by atoms with van der Waals surface area (Å²) in [5.41, 5.74) is 4.78. The lowest BCUT2D eigenvalue weighted by Crippen LogP contribution is -2.29. The van der Waals surface area contributed by atoms with E-state index in [9.17, 15) is 9.59 Å². The summed E-state index contributed by atoms with van der Waals surface area (Å²) in [4.78, 5) is 24.7. The van der Waals surface area contributed by atoms with Crippen LogP contribution in [0.15, 0.2) is 48.5 Å². The largest absolute Gasteiger partial charge is 0.480 e. The van der Waals surface area contributed by atoms with E-state index in [4.69, 9.17) is 5.11 Å². The minimum absolute atomic E-state index is 0.240. The molecule has 29 heavy (non-hydrogen) atoms. The van der Waals surface area contributed by atoms with Crippen LogP contribution in [0.4, 0.5) is 0 Å². The van der Waals surface area contributed by atoms with E-state index in [1.54, 1.807) is 0 Å². The molecule has 5 nitrogen and oxygen atoms in total. The molecule has 0 spiro atoms. The summed E-state index contributed by atoms with van der Waals surface area (Å²) in [5, 5.41) is 11.0. The monoisotopic (exact) mass is 394 g/mol. The fourth-order valence-corrected chi connectivity index (χ4v) is 3.85. The molecule has 0 aromatic heterocycles. The Hall–Kier alpha value is -2.66. The number of hydrogen-bond donors (Lipinski definition) is 2. The smallest absolute Gasteiger partial charge is 0.322 e. The van der Waals surface area contributed by atoms with E-state index in [-0.39, 0.29) is 18.9 Å². The highest BCUT2D eigenvalue weighted by atomic mass is 16.4. The second kappa shape index (κ2) is 10.2. The fourth-order valence-electron chi connectivity index (χ4n) is 3.85. The van der Waals surface area contributed by atoms with Crippen LogP contribution >= 0.6 is 0 Å². The number of benzene rings is 2. The number of carbonyl (C=O) groups excluding carboxylic acids is 1. The molecular weight excluding hydrogens is 364 g/mol. The van der Waals surface area contributed by atoms with Crippen LogP contribution in [0.3, 0.4) is 0 Å². The number of carbonyl (C=O) groups is 2. The summed E-state index contributed by atoms with van der Waals surface area (Å²) >= 11 is 0. The molecule has 1 aliphatic rings. The predicted octanol–water partition coefficient (Wildman–Crippen LogP) is 3.51. The third-order valence-corrected chi connectivity index (χ3v) is 5.70. The van der Waals surface area contributed by atoms with Crippen molar-refractivity contribution in [2.75, 3.05) is 19.6 Å². The van der Waals surface area contributed by atoms with Crippen LogP contribution in [-0.4, -0.2) is 47.6 Å². The van der Waals surface area contributed by atoms with Gasteiger partial charge < -0.3 is 15.3 Å².